The van der Waals surface area contributed by atoms with E-state index in [0.29, 0.717) is 31.4 Å². The van der Waals surface area contributed by atoms with Crippen LogP contribution in [0.4, 0.5) is 0 Å². The molecule has 1 aliphatic carbocycles. The number of hydrogen-bond donors (Lipinski definition) is 2. The van der Waals surface area contributed by atoms with E-state index in [0.717, 1.165) is 18.7 Å². The zero-order valence-electron chi connectivity index (χ0n) is 8.91. The first-order chi connectivity index (χ1) is 7.72. The SMILES string of the molecule is O[C@@H]1CN(Cc2noc(C3CC3)n2)C[C@@H]1O. The minimum atomic E-state index is -0.658. The van der Waals surface area contributed by atoms with E-state index in [1.807, 2.05) is 4.90 Å². The third kappa shape index (κ3) is 1.95. The average molecular weight is 225 g/mol. The van der Waals surface area contributed by atoms with E-state index in [2.05, 4.69) is 10.1 Å². The first-order valence-corrected chi connectivity index (χ1v) is 5.63. The van der Waals surface area contributed by atoms with Crippen LogP contribution >= 0.6 is 0 Å². The van der Waals surface area contributed by atoms with Gasteiger partial charge in [0.25, 0.3) is 0 Å². The van der Waals surface area contributed by atoms with Crippen molar-refractivity contribution in [3.05, 3.63) is 11.7 Å². The van der Waals surface area contributed by atoms with Crippen LogP contribution in [-0.2, 0) is 6.54 Å². The number of nitrogens with zero attached hydrogens (tertiary/aromatic N) is 3. The first kappa shape index (κ1) is 10.2. The summed E-state index contributed by atoms with van der Waals surface area (Å²) in [5, 5.41) is 22.7. The Hall–Kier alpha value is -0.980. The lowest BCUT2D eigenvalue weighted by Gasteiger charge is -2.10. The van der Waals surface area contributed by atoms with E-state index in [1.54, 1.807) is 0 Å². The summed E-state index contributed by atoms with van der Waals surface area (Å²) in [7, 11) is 0. The molecule has 3 rings (SSSR count). The van der Waals surface area contributed by atoms with E-state index < -0.39 is 12.2 Å². The fourth-order valence-corrected chi connectivity index (χ4v) is 2.00. The number of aliphatic hydroxyl groups is 2. The van der Waals surface area contributed by atoms with Gasteiger partial charge in [-0.25, -0.2) is 0 Å². The van der Waals surface area contributed by atoms with Crippen LogP contribution < -0.4 is 0 Å². The van der Waals surface area contributed by atoms with Gasteiger partial charge in [0.2, 0.25) is 5.89 Å². The van der Waals surface area contributed by atoms with Crippen molar-refractivity contribution in [1.82, 2.24) is 15.0 Å². The smallest absolute Gasteiger partial charge is 0.229 e. The lowest BCUT2D eigenvalue weighted by molar-refractivity contribution is 0.0572. The Kier molecular flexibility index (Phi) is 2.42. The molecule has 0 spiro atoms. The molecule has 0 unspecified atom stereocenters. The van der Waals surface area contributed by atoms with E-state index in [4.69, 9.17) is 4.52 Å². The highest BCUT2D eigenvalue weighted by Gasteiger charge is 2.32. The summed E-state index contributed by atoms with van der Waals surface area (Å²) in [5.41, 5.74) is 0. The maximum atomic E-state index is 9.39. The van der Waals surface area contributed by atoms with Gasteiger partial charge in [-0.15, -0.1) is 0 Å². The van der Waals surface area contributed by atoms with Gasteiger partial charge < -0.3 is 14.7 Å². The number of hydrogen-bond acceptors (Lipinski definition) is 6. The monoisotopic (exact) mass is 225 g/mol. The molecule has 16 heavy (non-hydrogen) atoms. The summed E-state index contributed by atoms with van der Waals surface area (Å²) in [6.07, 6.45) is 0.968. The molecule has 6 nitrogen and oxygen atoms in total. The van der Waals surface area contributed by atoms with Crippen molar-refractivity contribution in [3.8, 4) is 0 Å². The van der Waals surface area contributed by atoms with Gasteiger partial charge in [-0.1, -0.05) is 5.16 Å². The van der Waals surface area contributed by atoms with Gasteiger partial charge >= 0.3 is 0 Å². The minimum Gasteiger partial charge on any atom is -0.389 e. The average Bonchev–Trinajstić information content (AvgIpc) is 2.92. The molecule has 1 aromatic rings. The van der Waals surface area contributed by atoms with Crippen molar-refractivity contribution in [2.24, 2.45) is 0 Å². The van der Waals surface area contributed by atoms with Crippen LogP contribution in [0.5, 0.6) is 0 Å². The summed E-state index contributed by atoms with van der Waals surface area (Å²) < 4.78 is 5.14. The molecule has 0 radical (unpaired) electrons. The molecule has 0 bridgehead atoms. The van der Waals surface area contributed by atoms with Crippen LogP contribution in [-0.4, -0.2) is 50.6 Å². The summed E-state index contributed by atoms with van der Waals surface area (Å²) in [6.45, 7) is 1.47. The molecule has 88 valence electrons. The molecule has 1 saturated carbocycles. The standard InChI is InChI=1S/C10H15N3O3/c14-7-3-13(4-8(7)15)5-9-11-10(16-12-9)6-1-2-6/h6-8,14-15H,1-5H2/t7-,8+. The molecular formula is C10H15N3O3. The zero-order chi connectivity index (χ0) is 11.1. The molecule has 2 atom stereocenters. The highest BCUT2D eigenvalue weighted by molar-refractivity contribution is 5.02. The van der Waals surface area contributed by atoms with Gasteiger partial charge in [-0.3, -0.25) is 4.90 Å². The Bertz CT molecular complexity index is 367. The number of aromatic nitrogens is 2. The van der Waals surface area contributed by atoms with Crippen molar-refractivity contribution in [1.29, 1.82) is 0 Å². The van der Waals surface area contributed by atoms with Crippen LogP contribution in [0.2, 0.25) is 0 Å². The van der Waals surface area contributed by atoms with E-state index in [9.17, 15) is 10.2 Å². The molecule has 2 heterocycles. The maximum absolute atomic E-state index is 9.39. The maximum Gasteiger partial charge on any atom is 0.229 e. The largest absolute Gasteiger partial charge is 0.389 e. The number of β-amino-alcohol motifs (C(OH)–C–C–N with tert-alkyl or cyclic N) is 2. The number of rotatable bonds is 3. The summed E-state index contributed by atoms with van der Waals surface area (Å²) in [5.74, 6) is 1.84. The first-order valence-electron chi connectivity index (χ1n) is 5.63. The summed E-state index contributed by atoms with van der Waals surface area (Å²) >= 11 is 0. The van der Waals surface area contributed by atoms with Gasteiger partial charge in [0.05, 0.1) is 18.8 Å². The van der Waals surface area contributed by atoms with Crippen LogP contribution in [0.1, 0.15) is 30.5 Å². The predicted octanol–water partition coefficient (Wildman–Crippen LogP) is -0.516. The minimum absolute atomic E-state index is 0.467. The highest BCUT2D eigenvalue weighted by Crippen LogP contribution is 2.38. The van der Waals surface area contributed by atoms with Crippen LogP contribution in [0, 0.1) is 0 Å². The Balaban J connectivity index is 1.61. The molecule has 2 aliphatic rings. The fourth-order valence-electron chi connectivity index (χ4n) is 2.00. The molecular weight excluding hydrogens is 210 g/mol. The van der Waals surface area contributed by atoms with E-state index in [1.165, 1.54) is 0 Å². The lowest BCUT2D eigenvalue weighted by atomic mass is 10.3. The van der Waals surface area contributed by atoms with Gasteiger partial charge in [0.1, 0.15) is 0 Å². The second kappa shape index (κ2) is 3.80. The second-order valence-electron chi connectivity index (χ2n) is 4.65. The highest BCUT2D eigenvalue weighted by atomic mass is 16.5. The normalized spacial score (nSPS) is 31.1. The second-order valence-corrected chi connectivity index (χ2v) is 4.65. The van der Waals surface area contributed by atoms with E-state index >= 15 is 0 Å². The number of likely N-dealkylation sites (tertiary alicyclic amines) is 1. The van der Waals surface area contributed by atoms with Crippen molar-refractivity contribution in [2.75, 3.05) is 13.1 Å². The third-order valence-electron chi connectivity index (χ3n) is 3.11. The number of aliphatic hydroxyl groups excluding tert-OH is 2. The molecule has 2 N–H and O–H groups in total. The predicted molar refractivity (Wildman–Crippen MR) is 53.6 cm³/mol. The Morgan fingerprint density at radius 2 is 1.94 bits per heavy atom. The van der Waals surface area contributed by atoms with Gasteiger partial charge in [-0.05, 0) is 12.8 Å². The molecule has 6 heteroatoms. The molecule has 2 fully saturated rings. The van der Waals surface area contributed by atoms with Crippen LogP contribution in [0.3, 0.4) is 0 Å². The third-order valence-corrected chi connectivity index (χ3v) is 3.11. The summed E-state index contributed by atoms with van der Waals surface area (Å²) in [4.78, 5) is 6.23. The van der Waals surface area contributed by atoms with Crippen molar-refractivity contribution >= 4 is 0 Å². The molecule has 1 saturated heterocycles. The molecule has 0 aromatic carbocycles. The molecule has 0 amide bonds. The lowest BCUT2D eigenvalue weighted by Crippen LogP contribution is -2.22. The van der Waals surface area contributed by atoms with Crippen molar-refractivity contribution in [3.63, 3.8) is 0 Å². The van der Waals surface area contributed by atoms with Crippen molar-refractivity contribution < 1.29 is 14.7 Å². The van der Waals surface area contributed by atoms with Crippen LogP contribution in [0.25, 0.3) is 0 Å². The van der Waals surface area contributed by atoms with Gasteiger partial charge in [0.15, 0.2) is 5.82 Å². The zero-order valence-corrected chi connectivity index (χ0v) is 8.91. The Morgan fingerprint density at radius 3 is 2.56 bits per heavy atom. The molecule has 1 aliphatic heterocycles. The molecule has 1 aromatic heterocycles. The topological polar surface area (TPSA) is 82.6 Å². The Morgan fingerprint density at radius 1 is 1.25 bits per heavy atom. The van der Waals surface area contributed by atoms with Crippen molar-refractivity contribution in [2.45, 2.75) is 37.5 Å². The van der Waals surface area contributed by atoms with Gasteiger partial charge in [-0.2, -0.15) is 4.98 Å². The van der Waals surface area contributed by atoms with Gasteiger partial charge in [0, 0.05) is 19.0 Å². The van der Waals surface area contributed by atoms with E-state index in [-0.39, 0.29) is 0 Å². The summed E-state index contributed by atoms with van der Waals surface area (Å²) in [6, 6.07) is 0. The van der Waals surface area contributed by atoms with Crippen LogP contribution in [0.15, 0.2) is 4.52 Å². The Labute approximate surface area is 92.9 Å². The fraction of sp³-hybridized carbons (Fsp3) is 0.800. The quantitative estimate of drug-likeness (QED) is 0.720.